The second-order valence-corrected chi connectivity index (χ2v) is 10.1. The minimum Gasteiger partial charge on any atom is -0.347 e. The molecule has 0 saturated carbocycles. The second-order valence-electron chi connectivity index (χ2n) is 9.09. The van der Waals surface area contributed by atoms with E-state index >= 15 is 0 Å². The number of rotatable bonds is 6. The normalized spacial score (nSPS) is 14.4. The van der Waals surface area contributed by atoms with Crippen LogP contribution in [0.3, 0.4) is 0 Å². The van der Waals surface area contributed by atoms with Crippen LogP contribution >= 0.6 is 11.8 Å². The molecule has 1 aromatic heterocycles. The van der Waals surface area contributed by atoms with Crippen molar-refractivity contribution in [2.45, 2.75) is 77.7 Å². The van der Waals surface area contributed by atoms with E-state index in [2.05, 4.69) is 75.4 Å². The van der Waals surface area contributed by atoms with Crippen molar-refractivity contribution in [3.8, 4) is 0 Å². The van der Waals surface area contributed by atoms with Crippen LogP contribution in [0, 0.1) is 5.41 Å². The molecule has 4 nitrogen and oxygen atoms in total. The Balaban J connectivity index is 0.000000222. The van der Waals surface area contributed by atoms with E-state index in [-0.39, 0.29) is 11.3 Å². The number of carbonyl (C=O) groups excluding carboxylic acids is 1. The van der Waals surface area contributed by atoms with E-state index in [1.54, 1.807) is 18.1 Å². The molecule has 1 unspecified atom stereocenters. The molecule has 1 aliphatic rings. The summed E-state index contributed by atoms with van der Waals surface area (Å²) in [5, 5.41) is 1.89. The number of fused-ring (bicyclic) bond motifs is 1. The summed E-state index contributed by atoms with van der Waals surface area (Å²) in [6.07, 6.45) is 5.37. The Morgan fingerprint density at radius 3 is 2.77 bits per heavy atom. The lowest BCUT2D eigenvalue weighted by Gasteiger charge is -2.27. The number of benzene rings is 1. The smallest absolute Gasteiger partial charge is 0.222 e. The highest BCUT2D eigenvalue weighted by molar-refractivity contribution is 8.02. The Labute approximate surface area is 186 Å². The Bertz CT molecular complexity index is 822. The maximum atomic E-state index is 12.1. The highest BCUT2D eigenvalue weighted by Crippen LogP contribution is 2.30. The van der Waals surface area contributed by atoms with Crippen molar-refractivity contribution >= 4 is 17.7 Å². The summed E-state index contributed by atoms with van der Waals surface area (Å²) >= 11 is 1.71. The maximum Gasteiger partial charge on any atom is 0.222 e. The van der Waals surface area contributed by atoms with Crippen molar-refractivity contribution in [3.63, 3.8) is 0 Å². The standard InChI is InChI=1S/C13H21N3O.C12H16S/c1-13(2,3)6-4-12(17)16-7-5-10-11(8-16)15-9-14-10;1-4-10(3)11-8-6-7-9-12(11)13-5-2/h9H,4-8H2,1-3H3,(H,14,15);5-10H,2,4H2,1,3H3. The van der Waals surface area contributed by atoms with Gasteiger partial charge in [-0.2, -0.15) is 0 Å². The Hall–Kier alpha value is -2.01. The molecule has 1 amide bonds. The van der Waals surface area contributed by atoms with Gasteiger partial charge in [0.2, 0.25) is 5.91 Å². The van der Waals surface area contributed by atoms with E-state index in [1.807, 2.05) is 10.3 Å². The third-order valence-corrected chi connectivity index (χ3v) is 6.28. The summed E-state index contributed by atoms with van der Waals surface area (Å²) in [4.78, 5) is 22.7. The molecule has 0 aliphatic carbocycles. The number of imidazole rings is 1. The number of H-pyrrole nitrogens is 1. The molecule has 2 aromatic rings. The van der Waals surface area contributed by atoms with Gasteiger partial charge in [0.15, 0.2) is 0 Å². The zero-order valence-corrected chi connectivity index (χ0v) is 20.0. The average molecular weight is 428 g/mol. The van der Waals surface area contributed by atoms with Crippen molar-refractivity contribution in [1.29, 1.82) is 0 Å². The van der Waals surface area contributed by atoms with Gasteiger partial charge in [-0.15, -0.1) is 0 Å². The monoisotopic (exact) mass is 427 g/mol. The molecule has 3 rings (SSSR count). The van der Waals surface area contributed by atoms with E-state index in [0.717, 1.165) is 30.8 Å². The highest BCUT2D eigenvalue weighted by atomic mass is 32.2. The van der Waals surface area contributed by atoms with Crippen LogP contribution in [-0.4, -0.2) is 27.3 Å². The molecule has 1 aliphatic heterocycles. The van der Waals surface area contributed by atoms with Crippen molar-refractivity contribution in [2.24, 2.45) is 5.41 Å². The van der Waals surface area contributed by atoms with E-state index < -0.39 is 0 Å². The number of thioether (sulfide) groups is 1. The molecule has 1 atom stereocenters. The molecule has 1 aromatic carbocycles. The van der Waals surface area contributed by atoms with Crippen LogP contribution in [0.15, 0.2) is 47.5 Å². The van der Waals surface area contributed by atoms with Gasteiger partial charge in [0, 0.05) is 24.3 Å². The molecule has 164 valence electrons. The molecule has 0 saturated heterocycles. The van der Waals surface area contributed by atoms with Crippen molar-refractivity contribution in [2.75, 3.05) is 6.54 Å². The minimum atomic E-state index is 0.227. The lowest BCUT2D eigenvalue weighted by Crippen LogP contribution is -2.36. The molecular weight excluding hydrogens is 390 g/mol. The number of amides is 1. The molecule has 0 spiro atoms. The van der Waals surface area contributed by atoms with Crippen LogP contribution in [0.2, 0.25) is 0 Å². The van der Waals surface area contributed by atoms with Crippen LogP contribution in [0.5, 0.6) is 0 Å². The van der Waals surface area contributed by atoms with Crippen molar-refractivity contribution in [3.05, 3.63) is 59.5 Å². The first-order chi connectivity index (χ1) is 14.2. The fourth-order valence-electron chi connectivity index (χ4n) is 3.37. The average Bonchev–Trinajstić information content (AvgIpc) is 3.20. The summed E-state index contributed by atoms with van der Waals surface area (Å²) in [7, 11) is 0. The van der Waals surface area contributed by atoms with E-state index in [9.17, 15) is 4.79 Å². The van der Waals surface area contributed by atoms with Crippen molar-refractivity contribution < 1.29 is 4.79 Å². The maximum absolute atomic E-state index is 12.1. The van der Waals surface area contributed by atoms with E-state index in [4.69, 9.17) is 0 Å². The second kappa shape index (κ2) is 11.4. The van der Waals surface area contributed by atoms with Crippen LogP contribution in [0.25, 0.3) is 0 Å². The van der Waals surface area contributed by atoms with Crippen LogP contribution in [0.1, 0.15) is 76.8 Å². The van der Waals surface area contributed by atoms with Gasteiger partial charge < -0.3 is 9.88 Å². The summed E-state index contributed by atoms with van der Waals surface area (Å²) in [6, 6.07) is 8.56. The minimum absolute atomic E-state index is 0.227. The van der Waals surface area contributed by atoms with Gasteiger partial charge in [-0.3, -0.25) is 4.79 Å². The van der Waals surface area contributed by atoms with Gasteiger partial charge in [-0.25, -0.2) is 4.98 Å². The number of aromatic nitrogens is 2. The van der Waals surface area contributed by atoms with E-state index in [1.165, 1.54) is 16.9 Å². The van der Waals surface area contributed by atoms with Crippen LogP contribution in [-0.2, 0) is 17.8 Å². The third-order valence-electron chi connectivity index (χ3n) is 5.49. The molecule has 0 bridgehead atoms. The first kappa shape index (κ1) is 24.3. The molecule has 2 heterocycles. The topological polar surface area (TPSA) is 49.0 Å². The largest absolute Gasteiger partial charge is 0.347 e. The lowest BCUT2D eigenvalue weighted by atomic mass is 9.90. The van der Waals surface area contributed by atoms with Crippen molar-refractivity contribution in [1.82, 2.24) is 14.9 Å². The number of carbonyl (C=O) groups is 1. The number of nitrogens with one attached hydrogen (secondary N) is 1. The quantitative estimate of drug-likeness (QED) is 0.531. The van der Waals surface area contributed by atoms with Crippen LogP contribution in [0.4, 0.5) is 0 Å². The zero-order chi connectivity index (χ0) is 22.1. The predicted octanol–water partition coefficient (Wildman–Crippen LogP) is 6.56. The SMILES string of the molecule is C=CSc1ccccc1C(C)CC.CC(C)(C)CCC(=O)N1CCc2nc[nH]c2C1. The van der Waals surface area contributed by atoms with Gasteiger partial charge in [0.05, 0.1) is 24.3 Å². The fraction of sp³-hybridized carbons (Fsp3) is 0.520. The summed E-state index contributed by atoms with van der Waals surface area (Å²) in [5.74, 6) is 0.906. The molecule has 0 fully saturated rings. The summed E-state index contributed by atoms with van der Waals surface area (Å²) in [6.45, 7) is 16.2. The summed E-state index contributed by atoms with van der Waals surface area (Å²) in [5.41, 5.74) is 3.88. The molecule has 0 radical (unpaired) electrons. The van der Waals surface area contributed by atoms with Gasteiger partial charge in [-0.1, -0.05) is 71.2 Å². The predicted molar refractivity (Wildman–Crippen MR) is 128 cm³/mol. The molecule has 5 heteroatoms. The van der Waals surface area contributed by atoms with Gasteiger partial charge in [-0.05, 0) is 41.2 Å². The molecule has 30 heavy (non-hydrogen) atoms. The first-order valence-corrected chi connectivity index (χ1v) is 11.8. The van der Waals surface area contributed by atoms with Gasteiger partial charge >= 0.3 is 0 Å². The molecule has 1 N–H and O–H groups in total. The lowest BCUT2D eigenvalue weighted by molar-refractivity contribution is -0.132. The Morgan fingerprint density at radius 1 is 1.37 bits per heavy atom. The zero-order valence-electron chi connectivity index (χ0n) is 19.2. The number of hydrogen-bond acceptors (Lipinski definition) is 3. The molecular formula is C25H37N3OS. The van der Waals surface area contributed by atoms with Gasteiger partial charge in [0.25, 0.3) is 0 Å². The number of aromatic amines is 1. The highest BCUT2D eigenvalue weighted by Gasteiger charge is 2.23. The van der Waals surface area contributed by atoms with E-state index in [0.29, 0.717) is 18.9 Å². The van der Waals surface area contributed by atoms with Gasteiger partial charge in [0.1, 0.15) is 0 Å². The van der Waals surface area contributed by atoms with Crippen LogP contribution < -0.4 is 0 Å². The number of nitrogens with zero attached hydrogens (tertiary/aromatic N) is 2. The first-order valence-electron chi connectivity index (χ1n) is 10.9. The number of hydrogen-bond donors (Lipinski definition) is 1. The Morgan fingerprint density at radius 2 is 2.10 bits per heavy atom. The fourth-order valence-corrected chi connectivity index (χ4v) is 4.11. The summed E-state index contributed by atoms with van der Waals surface area (Å²) < 4.78 is 0. The third kappa shape index (κ3) is 7.35. The Kier molecular flexibility index (Phi) is 9.22.